The lowest BCUT2D eigenvalue weighted by Crippen LogP contribution is -2.30. The minimum atomic E-state index is -0.627. The molecule has 1 atom stereocenters. The Morgan fingerprint density at radius 1 is 1.39 bits per heavy atom. The molecule has 0 saturated heterocycles. The molecule has 1 rings (SSSR count). The van der Waals surface area contributed by atoms with Crippen LogP contribution < -0.4 is 4.74 Å². The summed E-state index contributed by atoms with van der Waals surface area (Å²) >= 11 is 0. The number of carbonyl (C=O) groups excluding carboxylic acids is 1. The van der Waals surface area contributed by atoms with Gasteiger partial charge in [-0.1, -0.05) is 12.1 Å². The second-order valence-corrected chi connectivity index (χ2v) is 4.20. The Hall–Kier alpha value is -2.02. The molecule has 1 unspecified atom stereocenters. The molecule has 0 spiro atoms. The topological polar surface area (TPSA) is 53.3 Å². The molecular formula is C14H18N2O2. The predicted octanol–water partition coefficient (Wildman–Crippen LogP) is 1.86. The summed E-state index contributed by atoms with van der Waals surface area (Å²) < 4.78 is 5.34. The van der Waals surface area contributed by atoms with Gasteiger partial charge in [0.25, 0.3) is 0 Å². The largest absolute Gasteiger partial charge is 0.494 e. The normalized spacial score (nSPS) is 11.4. The maximum atomic E-state index is 11.7. The first-order valence-electron chi connectivity index (χ1n) is 5.91. The molecule has 0 aliphatic rings. The maximum Gasteiger partial charge on any atom is 0.239 e. The lowest BCUT2D eigenvalue weighted by Gasteiger charge is -2.15. The van der Waals surface area contributed by atoms with Gasteiger partial charge >= 0.3 is 0 Å². The molecule has 4 nitrogen and oxygen atoms in total. The van der Waals surface area contributed by atoms with Gasteiger partial charge in [0, 0.05) is 14.1 Å². The third-order valence-corrected chi connectivity index (χ3v) is 2.57. The van der Waals surface area contributed by atoms with E-state index in [0.29, 0.717) is 13.0 Å². The standard InChI is InChI=1S/C14H18N2O2/c1-4-18-13-7-5-11(6-8-13)9-12(10-15)14(17)16(2)3/h5-8,12H,4,9H2,1-3H3. The van der Waals surface area contributed by atoms with E-state index in [-0.39, 0.29) is 5.91 Å². The third kappa shape index (κ3) is 3.77. The number of ether oxygens (including phenoxy) is 1. The Kier molecular flexibility index (Phi) is 5.19. The van der Waals surface area contributed by atoms with Gasteiger partial charge in [-0.05, 0) is 31.0 Å². The van der Waals surface area contributed by atoms with Crippen molar-refractivity contribution in [3.63, 3.8) is 0 Å². The van der Waals surface area contributed by atoms with Crippen molar-refractivity contribution in [3.8, 4) is 11.8 Å². The van der Waals surface area contributed by atoms with Crippen LogP contribution in [0.2, 0.25) is 0 Å². The molecule has 0 aliphatic heterocycles. The summed E-state index contributed by atoms with van der Waals surface area (Å²) in [4.78, 5) is 13.2. The molecule has 1 amide bonds. The second kappa shape index (κ2) is 6.65. The number of rotatable bonds is 5. The number of amides is 1. The van der Waals surface area contributed by atoms with Crippen LogP contribution in [0.25, 0.3) is 0 Å². The summed E-state index contributed by atoms with van der Waals surface area (Å²) in [5.41, 5.74) is 0.959. The molecular weight excluding hydrogens is 228 g/mol. The highest BCUT2D eigenvalue weighted by Gasteiger charge is 2.19. The molecule has 4 heteroatoms. The number of hydrogen-bond donors (Lipinski definition) is 0. The number of carbonyl (C=O) groups is 1. The lowest BCUT2D eigenvalue weighted by molar-refractivity contribution is -0.131. The highest BCUT2D eigenvalue weighted by molar-refractivity contribution is 5.81. The first kappa shape index (κ1) is 14.0. The average molecular weight is 246 g/mol. The molecule has 1 aromatic rings. The highest BCUT2D eigenvalue weighted by Crippen LogP contribution is 2.15. The van der Waals surface area contributed by atoms with E-state index in [4.69, 9.17) is 10.00 Å². The Morgan fingerprint density at radius 2 is 2.00 bits per heavy atom. The van der Waals surface area contributed by atoms with Crippen LogP contribution in [0.3, 0.4) is 0 Å². The summed E-state index contributed by atoms with van der Waals surface area (Å²) in [6.45, 7) is 2.55. The van der Waals surface area contributed by atoms with E-state index in [1.807, 2.05) is 37.3 Å². The van der Waals surface area contributed by atoms with Crippen molar-refractivity contribution in [3.05, 3.63) is 29.8 Å². The van der Waals surface area contributed by atoms with Gasteiger partial charge in [-0.2, -0.15) is 5.26 Å². The smallest absolute Gasteiger partial charge is 0.239 e. The zero-order chi connectivity index (χ0) is 13.5. The minimum Gasteiger partial charge on any atom is -0.494 e. The average Bonchev–Trinajstić information content (AvgIpc) is 2.37. The molecule has 0 aromatic heterocycles. The number of nitrogens with zero attached hydrogens (tertiary/aromatic N) is 2. The van der Waals surface area contributed by atoms with Crippen LogP contribution >= 0.6 is 0 Å². The first-order chi connectivity index (χ1) is 8.58. The van der Waals surface area contributed by atoms with E-state index in [0.717, 1.165) is 11.3 Å². The molecule has 0 radical (unpaired) electrons. The van der Waals surface area contributed by atoms with Crippen molar-refractivity contribution >= 4 is 5.91 Å². The molecule has 0 saturated carbocycles. The van der Waals surface area contributed by atoms with Gasteiger partial charge in [0.05, 0.1) is 12.7 Å². The monoisotopic (exact) mass is 246 g/mol. The second-order valence-electron chi connectivity index (χ2n) is 4.20. The van der Waals surface area contributed by atoms with Gasteiger partial charge in [-0.15, -0.1) is 0 Å². The molecule has 0 N–H and O–H groups in total. The van der Waals surface area contributed by atoms with Gasteiger partial charge in [0.15, 0.2) is 0 Å². The Labute approximate surface area is 108 Å². The molecule has 96 valence electrons. The van der Waals surface area contributed by atoms with Crippen molar-refractivity contribution in [2.24, 2.45) is 5.92 Å². The van der Waals surface area contributed by atoms with Gasteiger partial charge in [0.2, 0.25) is 5.91 Å². The number of hydrogen-bond acceptors (Lipinski definition) is 3. The SMILES string of the molecule is CCOc1ccc(CC(C#N)C(=O)N(C)C)cc1. The molecule has 1 aromatic carbocycles. The zero-order valence-corrected chi connectivity index (χ0v) is 11.0. The fraction of sp³-hybridized carbons (Fsp3) is 0.429. The van der Waals surface area contributed by atoms with Crippen LogP contribution in [0.4, 0.5) is 0 Å². The van der Waals surface area contributed by atoms with Crippen LogP contribution in [0.15, 0.2) is 24.3 Å². The quantitative estimate of drug-likeness (QED) is 0.796. The van der Waals surface area contributed by atoms with Crippen molar-refractivity contribution in [1.29, 1.82) is 5.26 Å². The fourth-order valence-electron chi connectivity index (χ4n) is 1.62. The van der Waals surface area contributed by atoms with Crippen LogP contribution in [-0.4, -0.2) is 31.5 Å². The predicted molar refractivity (Wildman–Crippen MR) is 69.1 cm³/mol. The summed E-state index contributed by atoms with van der Waals surface area (Å²) in [5.74, 6) is 0.0121. The summed E-state index contributed by atoms with van der Waals surface area (Å²) in [7, 11) is 3.32. The van der Waals surface area contributed by atoms with Crippen LogP contribution in [0.1, 0.15) is 12.5 Å². The number of benzene rings is 1. The first-order valence-corrected chi connectivity index (χ1v) is 5.91. The van der Waals surface area contributed by atoms with Crippen LogP contribution in [-0.2, 0) is 11.2 Å². The third-order valence-electron chi connectivity index (χ3n) is 2.57. The lowest BCUT2D eigenvalue weighted by atomic mass is 9.99. The van der Waals surface area contributed by atoms with Gasteiger partial charge < -0.3 is 9.64 Å². The summed E-state index contributed by atoms with van der Waals surface area (Å²) in [5, 5.41) is 9.02. The van der Waals surface area contributed by atoms with E-state index in [1.165, 1.54) is 4.90 Å². The minimum absolute atomic E-state index is 0.161. The zero-order valence-electron chi connectivity index (χ0n) is 11.0. The van der Waals surface area contributed by atoms with E-state index in [9.17, 15) is 4.79 Å². The van der Waals surface area contributed by atoms with E-state index >= 15 is 0 Å². The van der Waals surface area contributed by atoms with E-state index < -0.39 is 5.92 Å². The summed E-state index contributed by atoms with van der Waals surface area (Å²) in [6.07, 6.45) is 0.430. The molecule has 0 fully saturated rings. The fourth-order valence-corrected chi connectivity index (χ4v) is 1.62. The van der Waals surface area contributed by atoms with Gasteiger partial charge in [-0.25, -0.2) is 0 Å². The van der Waals surface area contributed by atoms with E-state index in [2.05, 4.69) is 0 Å². The van der Waals surface area contributed by atoms with E-state index in [1.54, 1.807) is 14.1 Å². The molecule has 18 heavy (non-hydrogen) atoms. The van der Waals surface area contributed by atoms with Gasteiger partial charge in [0.1, 0.15) is 11.7 Å². The van der Waals surface area contributed by atoms with Gasteiger partial charge in [-0.3, -0.25) is 4.79 Å². The van der Waals surface area contributed by atoms with Crippen molar-refractivity contribution < 1.29 is 9.53 Å². The Balaban J connectivity index is 2.71. The Bertz CT molecular complexity index is 432. The highest BCUT2D eigenvalue weighted by atomic mass is 16.5. The van der Waals surface area contributed by atoms with Crippen LogP contribution in [0, 0.1) is 17.2 Å². The van der Waals surface area contributed by atoms with Crippen LogP contribution in [0.5, 0.6) is 5.75 Å². The van der Waals surface area contributed by atoms with Crippen molar-refractivity contribution in [2.75, 3.05) is 20.7 Å². The Morgan fingerprint density at radius 3 is 2.44 bits per heavy atom. The molecule has 0 bridgehead atoms. The van der Waals surface area contributed by atoms with Crippen molar-refractivity contribution in [1.82, 2.24) is 4.90 Å². The summed E-state index contributed by atoms with van der Waals surface area (Å²) in [6, 6.07) is 9.53. The molecule has 0 heterocycles. The molecule has 0 aliphatic carbocycles. The van der Waals surface area contributed by atoms with Crippen molar-refractivity contribution in [2.45, 2.75) is 13.3 Å². The number of nitriles is 1. The maximum absolute atomic E-state index is 11.7.